The average Bonchev–Trinajstić information content (AvgIpc) is 3.39. The summed E-state index contributed by atoms with van der Waals surface area (Å²) < 4.78 is 46.6. The number of ketones is 1. The summed E-state index contributed by atoms with van der Waals surface area (Å²) in [4.78, 5) is 35.8. The zero-order valence-electron chi connectivity index (χ0n) is 17.5. The minimum atomic E-state index is -4.78. The standard InChI is InChI=1S/C22H21F3N4O3S/c23-22(24,25)20-27-18-17(19(31)29(20)14-11-32-12-14)26-21(33-18)28-10-4-7-15(28)16(30)9-8-13-5-2-1-3-6-13/h1-3,5-6,14-15H,4,7-12H2/t15-/m1/s1. The van der Waals surface area contributed by atoms with Crippen molar-refractivity contribution >= 4 is 32.6 Å². The van der Waals surface area contributed by atoms with E-state index in [4.69, 9.17) is 4.74 Å². The van der Waals surface area contributed by atoms with Gasteiger partial charge in [-0.15, -0.1) is 0 Å². The molecule has 0 spiro atoms. The zero-order valence-corrected chi connectivity index (χ0v) is 18.4. The van der Waals surface area contributed by atoms with Crippen molar-refractivity contribution in [2.45, 2.75) is 43.9 Å². The highest BCUT2D eigenvalue weighted by atomic mass is 32.1. The van der Waals surface area contributed by atoms with Crippen molar-refractivity contribution in [3.63, 3.8) is 0 Å². The minimum absolute atomic E-state index is 0.0251. The summed E-state index contributed by atoms with van der Waals surface area (Å²) >= 11 is 0.928. The Kier molecular flexibility index (Phi) is 5.69. The van der Waals surface area contributed by atoms with Crippen molar-refractivity contribution in [1.82, 2.24) is 14.5 Å². The van der Waals surface area contributed by atoms with Crippen LogP contribution in [0.25, 0.3) is 10.3 Å². The maximum atomic E-state index is 13.6. The van der Waals surface area contributed by atoms with Gasteiger partial charge in [0.25, 0.3) is 5.56 Å². The molecule has 2 saturated heterocycles. The second kappa shape index (κ2) is 8.53. The fourth-order valence-electron chi connectivity index (χ4n) is 4.32. The van der Waals surface area contributed by atoms with Crippen LogP contribution >= 0.6 is 11.3 Å². The number of rotatable bonds is 6. The molecular weight excluding hydrogens is 457 g/mol. The van der Waals surface area contributed by atoms with Crippen LogP contribution in [0, 0.1) is 0 Å². The summed E-state index contributed by atoms with van der Waals surface area (Å²) in [6, 6.07) is 8.58. The smallest absolute Gasteiger partial charge is 0.377 e. The van der Waals surface area contributed by atoms with Crippen LogP contribution in [0.4, 0.5) is 18.3 Å². The summed E-state index contributed by atoms with van der Waals surface area (Å²) in [6.07, 6.45) is -2.39. The van der Waals surface area contributed by atoms with Crippen molar-refractivity contribution < 1.29 is 22.7 Å². The first-order valence-corrected chi connectivity index (χ1v) is 11.6. The molecule has 0 amide bonds. The molecule has 1 aromatic carbocycles. The number of alkyl halides is 3. The molecule has 2 aromatic heterocycles. The van der Waals surface area contributed by atoms with E-state index in [9.17, 15) is 22.8 Å². The molecule has 7 nitrogen and oxygen atoms in total. The third-order valence-electron chi connectivity index (χ3n) is 6.07. The number of anilines is 1. The lowest BCUT2D eigenvalue weighted by Gasteiger charge is -2.29. The third kappa shape index (κ3) is 4.15. The monoisotopic (exact) mass is 478 g/mol. The number of aromatic nitrogens is 3. The first kappa shape index (κ1) is 22.0. The second-order valence-electron chi connectivity index (χ2n) is 8.25. The number of Topliss-reactive ketones (excluding diaryl/α,β-unsaturated/α-hetero) is 1. The number of aryl methyl sites for hydroxylation is 1. The predicted molar refractivity (Wildman–Crippen MR) is 117 cm³/mol. The first-order chi connectivity index (χ1) is 15.8. The number of benzene rings is 1. The Hall–Kier alpha value is -2.79. The number of nitrogens with zero attached hydrogens (tertiary/aromatic N) is 4. The van der Waals surface area contributed by atoms with Crippen LogP contribution < -0.4 is 10.5 Å². The Morgan fingerprint density at radius 2 is 1.94 bits per heavy atom. The molecule has 4 heterocycles. The fraction of sp³-hybridized carbons (Fsp3) is 0.455. The van der Waals surface area contributed by atoms with Gasteiger partial charge in [0.2, 0.25) is 5.82 Å². The van der Waals surface area contributed by atoms with Crippen LogP contribution in [-0.2, 0) is 22.1 Å². The third-order valence-corrected chi connectivity index (χ3v) is 7.05. The molecule has 11 heteroatoms. The molecule has 0 unspecified atom stereocenters. The number of ether oxygens (including phenoxy) is 1. The summed E-state index contributed by atoms with van der Waals surface area (Å²) in [5.41, 5.74) is 0.145. The number of fused-ring (bicyclic) bond motifs is 1. The topological polar surface area (TPSA) is 77.3 Å². The van der Waals surface area contributed by atoms with Gasteiger partial charge in [-0.05, 0) is 24.8 Å². The number of hydrogen-bond acceptors (Lipinski definition) is 7. The van der Waals surface area contributed by atoms with Gasteiger partial charge >= 0.3 is 6.18 Å². The highest BCUT2D eigenvalue weighted by molar-refractivity contribution is 7.21. The maximum Gasteiger partial charge on any atom is 0.449 e. The van der Waals surface area contributed by atoms with Gasteiger partial charge in [-0.2, -0.15) is 13.2 Å². The van der Waals surface area contributed by atoms with Crippen LogP contribution in [0.3, 0.4) is 0 Å². The minimum Gasteiger partial charge on any atom is -0.377 e. The molecule has 5 rings (SSSR count). The summed E-state index contributed by atoms with van der Waals surface area (Å²) in [5, 5.41) is 0.362. The van der Waals surface area contributed by atoms with E-state index in [1.807, 2.05) is 35.2 Å². The molecule has 0 saturated carbocycles. The van der Waals surface area contributed by atoms with Gasteiger partial charge in [0.05, 0.1) is 25.3 Å². The van der Waals surface area contributed by atoms with Crippen molar-refractivity contribution in [3.8, 4) is 0 Å². The molecule has 2 aliphatic rings. The van der Waals surface area contributed by atoms with Crippen LogP contribution in [-0.4, -0.2) is 46.1 Å². The predicted octanol–water partition coefficient (Wildman–Crippen LogP) is 3.61. The lowest BCUT2D eigenvalue weighted by molar-refractivity contribution is -0.152. The number of thiazole rings is 1. The Labute approximate surface area is 190 Å². The zero-order chi connectivity index (χ0) is 23.2. The molecule has 0 bridgehead atoms. The molecule has 33 heavy (non-hydrogen) atoms. The van der Waals surface area contributed by atoms with Gasteiger partial charge in [-0.3, -0.25) is 14.2 Å². The van der Waals surface area contributed by atoms with Gasteiger partial charge in [-0.25, -0.2) is 9.97 Å². The maximum absolute atomic E-state index is 13.6. The number of halogens is 3. The van der Waals surface area contributed by atoms with Gasteiger partial charge < -0.3 is 9.64 Å². The van der Waals surface area contributed by atoms with E-state index in [1.54, 1.807) is 0 Å². The molecular formula is C22H21F3N4O3S. The largest absolute Gasteiger partial charge is 0.449 e. The van der Waals surface area contributed by atoms with E-state index < -0.39 is 29.6 Å². The highest BCUT2D eigenvalue weighted by Gasteiger charge is 2.41. The van der Waals surface area contributed by atoms with Crippen LogP contribution in [0.2, 0.25) is 0 Å². The summed E-state index contributed by atoms with van der Waals surface area (Å²) in [6.45, 7) is 0.604. The first-order valence-electron chi connectivity index (χ1n) is 10.7. The lowest BCUT2D eigenvalue weighted by Crippen LogP contribution is -2.41. The van der Waals surface area contributed by atoms with E-state index >= 15 is 0 Å². The van der Waals surface area contributed by atoms with E-state index in [1.165, 1.54) is 0 Å². The van der Waals surface area contributed by atoms with Gasteiger partial charge in [-0.1, -0.05) is 41.7 Å². The van der Waals surface area contributed by atoms with E-state index in [2.05, 4.69) is 9.97 Å². The van der Waals surface area contributed by atoms with Crippen molar-refractivity contribution in [1.29, 1.82) is 0 Å². The quantitative estimate of drug-likeness (QED) is 0.539. The summed E-state index contributed by atoms with van der Waals surface area (Å²) in [7, 11) is 0. The van der Waals surface area contributed by atoms with E-state index in [-0.39, 0.29) is 29.3 Å². The molecule has 0 radical (unpaired) electrons. The molecule has 0 aliphatic carbocycles. The normalized spacial score (nSPS) is 19.2. The summed E-state index contributed by atoms with van der Waals surface area (Å²) in [5.74, 6) is -1.18. The Balaban J connectivity index is 1.45. The molecule has 174 valence electrons. The van der Waals surface area contributed by atoms with Gasteiger partial charge in [0.1, 0.15) is 0 Å². The SMILES string of the molecule is O=C(CCc1ccccc1)[C@H]1CCCN1c1nc2c(=O)n(C3COC3)c(C(F)(F)F)nc2s1. The van der Waals surface area contributed by atoms with E-state index in [0.717, 1.165) is 23.3 Å². The van der Waals surface area contributed by atoms with Crippen molar-refractivity contribution in [2.75, 3.05) is 24.7 Å². The average molecular weight is 478 g/mol. The van der Waals surface area contributed by atoms with E-state index in [0.29, 0.717) is 35.5 Å². The number of carbonyl (C=O) groups excluding carboxylic acids is 1. The van der Waals surface area contributed by atoms with Crippen LogP contribution in [0.5, 0.6) is 0 Å². The Morgan fingerprint density at radius 3 is 2.61 bits per heavy atom. The molecule has 3 aromatic rings. The Bertz CT molecular complexity index is 1240. The molecule has 2 aliphatic heterocycles. The van der Waals surface area contributed by atoms with Crippen molar-refractivity contribution in [3.05, 3.63) is 52.1 Å². The number of hydrogen-bond donors (Lipinski definition) is 0. The van der Waals surface area contributed by atoms with Gasteiger partial charge in [0.15, 0.2) is 21.3 Å². The van der Waals surface area contributed by atoms with Gasteiger partial charge in [0, 0.05) is 13.0 Å². The molecule has 2 fully saturated rings. The second-order valence-corrected chi connectivity index (χ2v) is 9.21. The van der Waals surface area contributed by atoms with Crippen LogP contribution in [0.15, 0.2) is 35.1 Å². The van der Waals surface area contributed by atoms with Crippen molar-refractivity contribution in [2.24, 2.45) is 0 Å². The molecule has 1 atom stereocenters. The van der Waals surface area contributed by atoms with Crippen LogP contribution in [0.1, 0.15) is 36.7 Å². The Morgan fingerprint density at radius 1 is 1.18 bits per heavy atom. The molecule has 0 N–H and O–H groups in total. The lowest BCUT2D eigenvalue weighted by atomic mass is 10.0. The fourth-order valence-corrected chi connectivity index (χ4v) is 5.33. The number of carbonyl (C=O) groups is 1. The highest BCUT2D eigenvalue weighted by Crippen LogP contribution is 2.36.